The van der Waals surface area contributed by atoms with Crippen LogP contribution in [-0.2, 0) is 14.8 Å². The summed E-state index contributed by atoms with van der Waals surface area (Å²) in [6.07, 6.45) is 1.20. The monoisotopic (exact) mass is 449 g/mol. The number of piperidine rings is 1. The van der Waals surface area contributed by atoms with E-state index in [2.05, 4.69) is 10.6 Å². The number of carbonyl (C=O) groups excluding carboxylic acids is 2. The van der Waals surface area contributed by atoms with E-state index in [1.807, 2.05) is 20.8 Å². The molecule has 1 atom stereocenters. The van der Waals surface area contributed by atoms with Crippen LogP contribution < -0.4 is 10.6 Å². The van der Waals surface area contributed by atoms with Gasteiger partial charge in [0.1, 0.15) is 4.21 Å². The molecule has 2 heterocycles. The number of thiophene rings is 1. The van der Waals surface area contributed by atoms with Gasteiger partial charge in [-0.15, -0.1) is 11.3 Å². The van der Waals surface area contributed by atoms with Gasteiger partial charge >= 0.3 is 0 Å². The number of anilines is 1. The quantitative estimate of drug-likeness (QED) is 0.732. The van der Waals surface area contributed by atoms with Gasteiger partial charge in [0.05, 0.1) is 17.2 Å². The predicted octanol–water partition coefficient (Wildman–Crippen LogP) is 3.32. The minimum Gasteiger partial charge on any atom is -0.347 e. The van der Waals surface area contributed by atoms with Crippen LogP contribution in [0.25, 0.3) is 0 Å². The molecule has 0 saturated carbocycles. The van der Waals surface area contributed by atoms with E-state index in [0.717, 1.165) is 0 Å². The van der Waals surface area contributed by atoms with Crippen LogP contribution in [0, 0.1) is 5.92 Å². The number of amides is 2. The van der Waals surface area contributed by atoms with Crippen molar-refractivity contribution in [3.8, 4) is 0 Å². The minimum absolute atomic E-state index is 0.127. The molecular formula is C21H27N3O4S2. The molecule has 1 saturated heterocycles. The SMILES string of the molecule is CC(C)(C)NC(=O)c1ccccc1NC(=O)[C@@H]1CCCN(S(=O)(=O)c2cccs2)C1. The van der Waals surface area contributed by atoms with Gasteiger partial charge in [0, 0.05) is 18.6 Å². The lowest BCUT2D eigenvalue weighted by atomic mass is 9.98. The Labute approximate surface area is 181 Å². The van der Waals surface area contributed by atoms with Crippen molar-refractivity contribution < 1.29 is 18.0 Å². The third-order valence-corrected chi connectivity index (χ3v) is 8.00. The number of nitrogens with one attached hydrogen (secondary N) is 2. The lowest BCUT2D eigenvalue weighted by Gasteiger charge is -2.31. The summed E-state index contributed by atoms with van der Waals surface area (Å²) in [5, 5.41) is 7.45. The molecule has 0 unspecified atom stereocenters. The third-order valence-electron chi connectivity index (χ3n) is 4.76. The molecule has 0 spiro atoms. The first-order chi connectivity index (χ1) is 14.1. The molecule has 1 aromatic carbocycles. The fourth-order valence-corrected chi connectivity index (χ4v) is 6.01. The van der Waals surface area contributed by atoms with Crippen molar-refractivity contribution in [2.45, 2.75) is 43.4 Å². The standard InChI is InChI=1S/C21H27N3O4S2/c1-21(2,3)23-20(26)16-9-4-5-10-17(16)22-19(25)15-8-6-12-24(14-15)30(27,28)18-11-7-13-29-18/h4-5,7,9-11,13,15H,6,8,12,14H2,1-3H3,(H,22,25)(H,23,26)/t15-/m1/s1. The number of rotatable bonds is 5. The molecular weight excluding hydrogens is 422 g/mol. The molecule has 1 fully saturated rings. The topological polar surface area (TPSA) is 95.6 Å². The fourth-order valence-electron chi connectivity index (χ4n) is 3.35. The van der Waals surface area contributed by atoms with Gasteiger partial charge in [0.25, 0.3) is 15.9 Å². The Morgan fingerprint density at radius 2 is 1.87 bits per heavy atom. The first-order valence-electron chi connectivity index (χ1n) is 9.84. The van der Waals surface area contributed by atoms with Gasteiger partial charge in [-0.1, -0.05) is 18.2 Å². The van der Waals surface area contributed by atoms with Crippen LogP contribution in [0.5, 0.6) is 0 Å². The number of carbonyl (C=O) groups is 2. The Kier molecular flexibility index (Phi) is 6.64. The van der Waals surface area contributed by atoms with E-state index < -0.39 is 21.5 Å². The van der Waals surface area contributed by atoms with Gasteiger partial charge in [0.2, 0.25) is 5.91 Å². The van der Waals surface area contributed by atoms with E-state index in [9.17, 15) is 18.0 Å². The van der Waals surface area contributed by atoms with E-state index >= 15 is 0 Å². The summed E-state index contributed by atoms with van der Waals surface area (Å²) in [6, 6.07) is 10.1. The number of benzene rings is 1. The van der Waals surface area contributed by atoms with Crippen LogP contribution in [0.1, 0.15) is 44.0 Å². The summed E-state index contributed by atoms with van der Waals surface area (Å²) >= 11 is 1.17. The Morgan fingerprint density at radius 1 is 1.13 bits per heavy atom. The van der Waals surface area contributed by atoms with E-state index in [1.165, 1.54) is 15.6 Å². The average molecular weight is 450 g/mol. The zero-order valence-corrected chi connectivity index (χ0v) is 19.0. The summed E-state index contributed by atoms with van der Waals surface area (Å²) in [5.41, 5.74) is 0.385. The third kappa shape index (κ3) is 5.27. The first-order valence-corrected chi connectivity index (χ1v) is 12.2. The maximum Gasteiger partial charge on any atom is 0.253 e. The summed E-state index contributed by atoms with van der Waals surface area (Å²) in [5.74, 6) is -1.03. The molecule has 1 aliphatic rings. The highest BCUT2D eigenvalue weighted by Gasteiger charge is 2.34. The number of sulfonamides is 1. The summed E-state index contributed by atoms with van der Waals surface area (Å²) < 4.78 is 27.3. The molecule has 2 amide bonds. The zero-order valence-electron chi connectivity index (χ0n) is 17.3. The summed E-state index contributed by atoms with van der Waals surface area (Å²) in [7, 11) is -3.59. The zero-order chi connectivity index (χ0) is 21.9. The molecule has 3 rings (SSSR count). The highest BCUT2D eigenvalue weighted by atomic mass is 32.2. The molecule has 162 valence electrons. The molecule has 0 aliphatic carbocycles. The van der Waals surface area contributed by atoms with Crippen molar-refractivity contribution in [1.29, 1.82) is 0 Å². The van der Waals surface area contributed by atoms with Gasteiger partial charge in [0.15, 0.2) is 0 Å². The Bertz CT molecular complexity index is 1010. The van der Waals surface area contributed by atoms with Crippen molar-refractivity contribution in [3.63, 3.8) is 0 Å². The van der Waals surface area contributed by atoms with Crippen LogP contribution in [0.2, 0.25) is 0 Å². The van der Waals surface area contributed by atoms with Crippen molar-refractivity contribution in [2.75, 3.05) is 18.4 Å². The number of hydrogen-bond acceptors (Lipinski definition) is 5. The molecule has 1 aromatic heterocycles. The van der Waals surface area contributed by atoms with Crippen LogP contribution in [0.4, 0.5) is 5.69 Å². The van der Waals surface area contributed by atoms with Crippen LogP contribution in [-0.4, -0.2) is 43.2 Å². The van der Waals surface area contributed by atoms with Crippen LogP contribution >= 0.6 is 11.3 Å². The molecule has 1 aliphatic heterocycles. The van der Waals surface area contributed by atoms with Crippen LogP contribution in [0.3, 0.4) is 0 Å². The predicted molar refractivity (Wildman–Crippen MR) is 118 cm³/mol. The van der Waals surface area contributed by atoms with E-state index in [-0.39, 0.29) is 22.6 Å². The van der Waals surface area contributed by atoms with E-state index in [4.69, 9.17) is 0 Å². The smallest absolute Gasteiger partial charge is 0.253 e. The molecule has 0 radical (unpaired) electrons. The normalized spacial score (nSPS) is 18.0. The second-order valence-corrected chi connectivity index (χ2v) is 11.5. The summed E-state index contributed by atoms with van der Waals surface area (Å²) in [6.45, 7) is 6.18. The molecule has 9 heteroatoms. The number of para-hydroxylation sites is 1. The second-order valence-electron chi connectivity index (χ2n) is 8.37. The van der Waals surface area contributed by atoms with Gasteiger partial charge in [-0.2, -0.15) is 4.31 Å². The molecule has 2 aromatic rings. The lowest BCUT2D eigenvalue weighted by molar-refractivity contribution is -0.120. The number of nitrogens with zero attached hydrogens (tertiary/aromatic N) is 1. The number of hydrogen-bond donors (Lipinski definition) is 2. The molecule has 2 N–H and O–H groups in total. The van der Waals surface area contributed by atoms with Crippen molar-refractivity contribution >= 4 is 38.9 Å². The fraction of sp³-hybridized carbons (Fsp3) is 0.429. The molecule has 30 heavy (non-hydrogen) atoms. The second kappa shape index (κ2) is 8.87. The molecule has 0 bridgehead atoms. The molecule has 7 nitrogen and oxygen atoms in total. The first kappa shape index (κ1) is 22.5. The van der Waals surface area contributed by atoms with Crippen molar-refractivity contribution in [3.05, 3.63) is 47.3 Å². The van der Waals surface area contributed by atoms with E-state index in [1.54, 1.807) is 41.8 Å². The highest BCUT2D eigenvalue weighted by Crippen LogP contribution is 2.27. The largest absolute Gasteiger partial charge is 0.347 e. The Hall–Kier alpha value is -2.23. The van der Waals surface area contributed by atoms with E-state index in [0.29, 0.717) is 30.6 Å². The Balaban J connectivity index is 1.73. The highest BCUT2D eigenvalue weighted by molar-refractivity contribution is 7.91. The van der Waals surface area contributed by atoms with Crippen LogP contribution in [0.15, 0.2) is 46.0 Å². The van der Waals surface area contributed by atoms with Gasteiger partial charge < -0.3 is 10.6 Å². The minimum atomic E-state index is -3.59. The maximum absolute atomic E-state index is 12.9. The lowest BCUT2D eigenvalue weighted by Crippen LogP contribution is -2.44. The average Bonchev–Trinajstić information content (AvgIpc) is 3.23. The Morgan fingerprint density at radius 3 is 2.53 bits per heavy atom. The van der Waals surface area contributed by atoms with Gasteiger partial charge in [-0.3, -0.25) is 9.59 Å². The summed E-state index contributed by atoms with van der Waals surface area (Å²) in [4.78, 5) is 25.5. The van der Waals surface area contributed by atoms with Gasteiger partial charge in [-0.05, 0) is 57.2 Å². The maximum atomic E-state index is 12.9. The van der Waals surface area contributed by atoms with Gasteiger partial charge in [-0.25, -0.2) is 8.42 Å². The van der Waals surface area contributed by atoms with Crippen molar-refractivity contribution in [2.24, 2.45) is 5.92 Å². The van der Waals surface area contributed by atoms with Crippen molar-refractivity contribution in [1.82, 2.24) is 9.62 Å².